The standard InChI is InChI=1S/C56H80F5N7O13S/c1-13-31(6)48(66(10)54(73)46(29(2)3)63-53(72)47(30(4)5)65(8)9)39(78-11)28-40(69)68-24-14-15-38(68)49(79-12)32(7)51(70)62-37(52(71)64-82(76,77)36-20-21-36)27-33-16-18-35(19-17-33)80-56(75)67-25-22-34(23-26-67)55(74)81-50-44(60)42(58)41(57)43(59)45(50)61/h16-19,29-32,34,36-39,46-49H,13-15,20-28H2,1-12H3,(H,62,70)(H,63,72)(H,64,71)/t31-,32+,37-,38-,39+,46-,47?,48?,49+/m0/s1. The van der Waals surface area contributed by atoms with E-state index >= 15 is 0 Å². The van der Waals surface area contributed by atoms with Crippen LogP contribution in [0.3, 0.4) is 0 Å². The van der Waals surface area contributed by atoms with Crippen LogP contribution in [0.1, 0.15) is 105 Å². The number of hydrogen-bond acceptors (Lipinski definition) is 14. The Hall–Kier alpha value is -5.99. The smallest absolute Gasteiger partial charge is 0.415 e. The van der Waals surface area contributed by atoms with Crippen LogP contribution in [0.15, 0.2) is 24.3 Å². The summed E-state index contributed by atoms with van der Waals surface area (Å²) in [5.41, 5.74) is 0.407. The molecule has 1 aliphatic carbocycles. The summed E-state index contributed by atoms with van der Waals surface area (Å²) >= 11 is 0. The van der Waals surface area contributed by atoms with Gasteiger partial charge in [0.15, 0.2) is 0 Å². The molecule has 2 saturated heterocycles. The number of hydrogen-bond donors (Lipinski definition) is 3. The third-order valence-electron chi connectivity index (χ3n) is 15.8. The van der Waals surface area contributed by atoms with E-state index in [4.69, 9.17) is 14.2 Å². The molecule has 2 aromatic rings. The molecule has 6 amide bonds. The van der Waals surface area contributed by atoms with Crippen LogP contribution in [-0.4, -0.2) is 172 Å². The minimum Gasteiger partial charge on any atom is -0.420 e. The van der Waals surface area contributed by atoms with E-state index in [2.05, 4.69) is 20.1 Å². The maximum Gasteiger partial charge on any atom is 0.415 e. The lowest BCUT2D eigenvalue weighted by atomic mass is 9.89. The van der Waals surface area contributed by atoms with Crippen molar-refractivity contribution in [1.29, 1.82) is 0 Å². The molecule has 2 aromatic carbocycles. The first-order chi connectivity index (χ1) is 38.5. The summed E-state index contributed by atoms with van der Waals surface area (Å²) in [4.78, 5) is 103. The van der Waals surface area contributed by atoms with E-state index in [1.54, 1.807) is 23.8 Å². The van der Waals surface area contributed by atoms with Crippen molar-refractivity contribution in [3.63, 3.8) is 0 Å². The van der Waals surface area contributed by atoms with Crippen LogP contribution in [0.4, 0.5) is 26.7 Å². The number of halogens is 5. The third-order valence-corrected chi connectivity index (χ3v) is 17.6. The molecular weight excluding hydrogens is 1110 g/mol. The summed E-state index contributed by atoms with van der Waals surface area (Å²) in [5, 5.41) is 4.93. The van der Waals surface area contributed by atoms with E-state index in [1.807, 2.05) is 60.5 Å². The van der Waals surface area contributed by atoms with Crippen LogP contribution in [0.25, 0.3) is 0 Å². The molecule has 458 valence electrons. The molecule has 0 spiro atoms. The lowest BCUT2D eigenvalue weighted by Gasteiger charge is -2.41. The van der Waals surface area contributed by atoms with Crippen molar-refractivity contribution >= 4 is 51.6 Å². The second-order valence-corrected chi connectivity index (χ2v) is 24.5. The number of carbonyl (C=O) groups is 7. The summed E-state index contributed by atoms with van der Waals surface area (Å²) in [6.07, 6.45) is -0.765. The number of likely N-dealkylation sites (N-methyl/N-ethyl adjacent to an activating group) is 2. The number of piperidine rings is 1. The fourth-order valence-electron chi connectivity index (χ4n) is 10.8. The molecule has 20 nitrogen and oxygen atoms in total. The number of nitrogens with one attached hydrogen (secondary N) is 3. The Balaban J connectivity index is 1.25. The summed E-state index contributed by atoms with van der Waals surface area (Å²) in [5.74, 6) is -19.7. The number of nitrogens with zero attached hydrogens (tertiary/aromatic N) is 4. The van der Waals surface area contributed by atoms with Crippen molar-refractivity contribution in [2.75, 3.05) is 55.0 Å². The highest BCUT2D eigenvalue weighted by molar-refractivity contribution is 7.90. The number of amides is 6. The maximum atomic E-state index is 14.5. The second kappa shape index (κ2) is 29.0. The molecule has 26 heteroatoms. The fraction of sp³-hybridized carbons (Fsp3) is 0.661. The van der Waals surface area contributed by atoms with E-state index in [9.17, 15) is 63.9 Å². The van der Waals surface area contributed by atoms with Crippen LogP contribution in [0.2, 0.25) is 0 Å². The lowest BCUT2D eigenvalue weighted by Crippen LogP contribution is -2.59. The zero-order valence-electron chi connectivity index (χ0n) is 48.7. The van der Waals surface area contributed by atoms with Gasteiger partial charge in [0, 0.05) is 47.3 Å². The Morgan fingerprint density at radius 2 is 1.30 bits per heavy atom. The third kappa shape index (κ3) is 16.2. The molecular formula is C56H80F5N7O13S. The molecule has 9 atom stereocenters. The molecule has 2 heterocycles. The van der Waals surface area contributed by atoms with Gasteiger partial charge in [-0.1, -0.05) is 67.0 Å². The van der Waals surface area contributed by atoms with E-state index < -0.39 is 128 Å². The van der Waals surface area contributed by atoms with Gasteiger partial charge in [0.05, 0.1) is 53.8 Å². The Bertz CT molecular complexity index is 2690. The normalized spacial score (nSPS) is 19.0. The van der Waals surface area contributed by atoms with Crippen molar-refractivity contribution in [3.8, 4) is 11.5 Å². The first-order valence-electron chi connectivity index (χ1n) is 27.7. The molecule has 5 rings (SSSR count). The minimum absolute atomic E-state index is 0.0308. The fourth-order valence-corrected chi connectivity index (χ4v) is 12.2. The molecule has 0 bridgehead atoms. The number of rotatable bonds is 26. The Kier molecular flexibility index (Phi) is 23.6. The summed E-state index contributed by atoms with van der Waals surface area (Å²) in [6.45, 7) is 13.2. The largest absolute Gasteiger partial charge is 0.420 e. The molecule has 0 radical (unpaired) electrons. The maximum absolute atomic E-state index is 14.5. The average Bonchev–Trinajstić information content (AvgIpc) is 4.29. The highest BCUT2D eigenvalue weighted by Crippen LogP contribution is 2.33. The first kappa shape index (κ1) is 66.8. The number of carbonyl (C=O) groups excluding carboxylic acids is 7. The van der Waals surface area contributed by atoms with E-state index in [0.29, 0.717) is 44.2 Å². The van der Waals surface area contributed by atoms with Crippen molar-refractivity contribution in [1.82, 2.24) is 35.0 Å². The van der Waals surface area contributed by atoms with Gasteiger partial charge in [-0.15, -0.1) is 0 Å². The molecule has 3 fully saturated rings. The van der Waals surface area contributed by atoms with Crippen LogP contribution >= 0.6 is 0 Å². The number of likely N-dealkylation sites (tertiary alicyclic amines) is 2. The van der Waals surface area contributed by atoms with Gasteiger partial charge >= 0.3 is 12.1 Å². The van der Waals surface area contributed by atoms with Crippen LogP contribution < -0.4 is 24.8 Å². The number of methoxy groups -OCH3 is 2. The Morgan fingerprint density at radius 1 is 0.720 bits per heavy atom. The topological polar surface area (TPSA) is 240 Å². The number of benzene rings is 2. The lowest BCUT2D eigenvalue weighted by molar-refractivity contribution is -0.148. The summed E-state index contributed by atoms with van der Waals surface area (Å²) < 4.78 is 119. The highest BCUT2D eigenvalue weighted by atomic mass is 32.2. The van der Waals surface area contributed by atoms with Gasteiger partial charge in [-0.2, -0.15) is 8.78 Å². The van der Waals surface area contributed by atoms with E-state index in [1.165, 1.54) is 43.4 Å². The van der Waals surface area contributed by atoms with Gasteiger partial charge in [0.1, 0.15) is 17.8 Å². The number of ether oxygens (including phenoxy) is 4. The number of sulfonamides is 1. The van der Waals surface area contributed by atoms with Crippen LogP contribution in [-0.2, 0) is 54.7 Å². The highest BCUT2D eigenvalue weighted by Gasteiger charge is 2.45. The molecule has 2 aliphatic heterocycles. The zero-order valence-corrected chi connectivity index (χ0v) is 49.5. The van der Waals surface area contributed by atoms with Crippen molar-refractivity contribution in [3.05, 3.63) is 58.9 Å². The van der Waals surface area contributed by atoms with Gasteiger partial charge in [0.2, 0.25) is 68.5 Å². The molecule has 3 aliphatic rings. The van der Waals surface area contributed by atoms with Crippen molar-refractivity contribution in [2.45, 2.75) is 154 Å². The summed E-state index contributed by atoms with van der Waals surface area (Å²) in [6, 6.07) is 1.74. The van der Waals surface area contributed by atoms with Crippen LogP contribution in [0, 0.1) is 58.7 Å². The number of esters is 1. The van der Waals surface area contributed by atoms with Gasteiger partial charge in [-0.25, -0.2) is 26.4 Å². The predicted molar refractivity (Wildman–Crippen MR) is 290 cm³/mol. The Morgan fingerprint density at radius 3 is 1.82 bits per heavy atom. The SMILES string of the molecule is CC[C@H](C)C([C@@H](CC(=O)N1CCC[C@H]1[C@H](OC)[C@@H](C)C(=O)N[C@@H](Cc1ccc(OC(=O)N2CCC(C(=O)Oc3c(F)c(F)c(F)c(F)c3F)CC2)cc1)C(=O)NS(=O)(=O)C1CC1)OC)N(C)C(=O)[C@@H](NC(=O)C(C(C)C)N(C)C)C(C)C. The predicted octanol–water partition coefficient (Wildman–Crippen LogP) is 5.48. The Labute approximate surface area is 476 Å². The van der Waals surface area contributed by atoms with E-state index in [-0.39, 0.29) is 80.0 Å². The van der Waals surface area contributed by atoms with Crippen molar-refractivity contribution in [2.24, 2.45) is 29.6 Å². The minimum atomic E-state index is -4.08. The van der Waals surface area contributed by atoms with Gasteiger partial charge in [0.25, 0.3) is 5.91 Å². The second-order valence-electron chi connectivity index (χ2n) is 22.5. The van der Waals surface area contributed by atoms with Gasteiger partial charge < -0.3 is 44.3 Å². The quantitative estimate of drug-likeness (QED) is 0.0348. The summed E-state index contributed by atoms with van der Waals surface area (Å²) in [7, 11) is 4.07. The molecule has 3 N–H and O–H groups in total. The zero-order chi connectivity index (χ0) is 61.2. The first-order valence-corrected chi connectivity index (χ1v) is 29.3. The molecule has 0 aromatic heterocycles. The van der Waals surface area contributed by atoms with E-state index in [0.717, 1.165) is 0 Å². The van der Waals surface area contributed by atoms with Gasteiger partial charge in [-0.3, -0.25) is 38.4 Å². The van der Waals surface area contributed by atoms with Crippen molar-refractivity contribution < 1.29 is 82.9 Å². The van der Waals surface area contributed by atoms with Crippen LogP contribution in [0.5, 0.6) is 11.5 Å². The monoisotopic (exact) mass is 1190 g/mol. The molecule has 2 unspecified atom stereocenters. The molecule has 1 saturated carbocycles. The van der Waals surface area contributed by atoms with Gasteiger partial charge in [-0.05, 0) is 88.1 Å². The average molecular weight is 1190 g/mol. The molecule has 82 heavy (non-hydrogen) atoms.